The maximum absolute atomic E-state index is 11.7. The van der Waals surface area contributed by atoms with Gasteiger partial charge in [-0.1, -0.05) is 11.6 Å². The van der Waals surface area contributed by atoms with E-state index in [1.165, 1.54) is 0 Å². The molecule has 0 bridgehead atoms. The van der Waals surface area contributed by atoms with E-state index < -0.39 is 0 Å². The third kappa shape index (κ3) is 2.07. The average molecular weight is 217 g/mol. The fourth-order valence-corrected chi connectivity index (χ4v) is 1.23. The van der Waals surface area contributed by atoms with Crippen LogP contribution in [0.5, 0.6) is 0 Å². The standard InChI is InChI=1S/C9H13ClN2O2/c1-4-12(5-2)9(13)8-11-7(10)6(3)14-8/h4-5H2,1-3H3. The summed E-state index contributed by atoms with van der Waals surface area (Å²) in [5.74, 6) is 0.323. The Labute approximate surface area is 87.9 Å². The molecule has 0 aromatic carbocycles. The van der Waals surface area contributed by atoms with Gasteiger partial charge in [-0.25, -0.2) is 0 Å². The number of nitrogens with zero attached hydrogens (tertiary/aromatic N) is 2. The van der Waals surface area contributed by atoms with Crippen molar-refractivity contribution < 1.29 is 9.21 Å². The van der Waals surface area contributed by atoms with Crippen LogP contribution in [0.4, 0.5) is 0 Å². The average Bonchev–Trinajstić information content (AvgIpc) is 2.49. The molecular formula is C9H13ClN2O2. The summed E-state index contributed by atoms with van der Waals surface area (Å²) in [4.78, 5) is 17.1. The Morgan fingerprint density at radius 1 is 1.50 bits per heavy atom. The summed E-state index contributed by atoms with van der Waals surface area (Å²) in [5.41, 5.74) is 0. The first-order chi connectivity index (χ1) is 6.60. The van der Waals surface area contributed by atoms with Crippen LogP contribution in [-0.4, -0.2) is 28.9 Å². The van der Waals surface area contributed by atoms with E-state index in [0.29, 0.717) is 18.8 Å². The molecule has 1 aromatic heterocycles. The van der Waals surface area contributed by atoms with E-state index in [1.807, 2.05) is 13.8 Å². The highest BCUT2D eigenvalue weighted by Crippen LogP contribution is 2.16. The highest BCUT2D eigenvalue weighted by molar-refractivity contribution is 6.30. The Balaban J connectivity index is 2.88. The van der Waals surface area contributed by atoms with Crippen LogP contribution in [0.1, 0.15) is 30.3 Å². The van der Waals surface area contributed by atoms with Crippen molar-refractivity contribution in [2.45, 2.75) is 20.8 Å². The Bertz CT molecular complexity index is 312. The largest absolute Gasteiger partial charge is 0.436 e. The summed E-state index contributed by atoms with van der Waals surface area (Å²) in [6, 6.07) is 0. The second kappa shape index (κ2) is 4.46. The lowest BCUT2D eigenvalue weighted by Crippen LogP contribution is -2.30. The molecular weight excluding hydrogens is 204 g/mol. The first kappa shape index (κ1) is 11.0. The quantitative estimate of drug-likeness (QED) is 0.778. The highest BCUT2D eigenvalue weighted by Gasteiger charge is 2.19. The van der Waals surface area contributed by atoms with Crippen molar-refractivity contribution in [1.29, 1.82) is 0 Å². The van der Waals surface area contributed by atoms with E-state index in [2.05, 4.69) is 4.98 Å². The molecule has 1 heterocycles. The Morgan fingerprint density at radius 2 is 2.07 bits per heavy atom. The van der Waals surface area contributed by atoms with Crippen LogP contribution in [0, 0.1) is 6.92 Å². The smallest absolute Gasteiger partial charge is 0.309 e. The fraction of sp³-hybridized carbons (Fsp3) is 0.556. The van der Waals surface area contributed by atoms with Crippen LogP contribution in [0.15, 0.2) is 4.42 Å². The van der Waals surface area contributed by atoms with E-state index in [0.717, 1.165) is 0 Å². The van der Waals surface area contributed by atoms with Gasteiger partial charge in [0.15, 0.2) is 5.15 Å². The van der Waals surface area contributed by atoms with Gasteiger partial charge < -0.3 is 9.32 Å². The SMILES string of the molecule is CCN(CC)C(=O)c1nc(Cl)c(C)o1. The minimum atomic E-state index is -0.218. The van der Waals surface area contributed by atoms with Gasteiger partial charge in [0.05, 0.1) is 0 Å². The molecule has 0 unspecified atom stereocenters. The normalized spacial score (nSPS) is 10.3. The first-order valence-corrected chi connectivity index (χ1v) is 4.90. The molecule has 78 valence electrons. The van der Waals surface area contributed by atoms with Crippen molar-refractivity contribution in [2.24, 2.45) is 0 Å². The van der Waals surface area contributed by atoms with Gasteiger partial charge in [-0.3, -0.25) is 4.79 Å². The van der Waals surface area contributed by atoms with Crippen molar-refractivity contribution in [1.82, 2.24) is 9.88 Å². The summed E-state index contributed by atoms with van der Waals surface area (Å²) in [5, 5.41) is 0.250. The highest BCUT2D eigenvalue weighted by atomic mass is 35.5. The fourth-order valence-electron chi connectivity index (χ4n) is 1.12. The summed E-state index contributed by atoms with van der Waals surface area (Å²) in [6.45, 7) is 6.74. The molecule has 1 amide bonds. The minimum absolute atomic E-state index is 0.0659. The number of carbonyl (C=O) groups excluding carboxylic acids is 1. The summed E-state index contributed by atoms with van der Waals surface area (Å²) in [7, 11) is 0. The van der Waals surface area contributed by atoms with Crippen LogP contribution >= 0.6 is 11.6 Å². The number of aromatic nitrogens is 1. The molecule has 0 saturated heterocycles. The Hall–Kier alpha value is -1.03. The molecule has 0 atom stereocenters. The van der Waals surface area contributed by atoms with E-state index in [1.54, 1.807) is 11.8 Å². The molecule has 4 nitrogen and oxygen atoms in total. The molecule has 1 aromatic rings. The second-order valence-electron chi connectivity index (χ2n) is 2.84. The van der Waals surface area contributed by atoms with E-state index >= 15 is 0 Å². The monoisotopic (exact) mass is 216 g/mol. The molecule has 0 spiro atoms. The van der Waals surface area contributed by atoms with Gasteiger partial charge in [-0.05, 0) is 20.8 Å². The number of rotatable bonds is 3. The summed E-state index contributed by atoms with van der Waals surface area (Å²) in [6.07, 6.45) is 0. The number of halogens is 1. The Kier molecular flexibility index (Phi) is 3.52. The topological polar surface area (TPSA) is 46.3 Å². The van der Waals surface area contributed by atoms with Gasteiger partial charge in [0, 0.05) is 13.1 Å². The molecule has 0 aliphatic carbocycles. The van der Waals surface area contributed by atoms with Gasteiger partial charge in [0.1, 0.15) is 5.76 Å². The Morgan fingerprint density at radius 3 is 2.43 bits per heavy atom. The number of carbonyl (C=O) groups is 1. The number of oxazole rings is 1. The van der Waals surface area contributed by atoms with Gasteiger partial charge >= 0.3 is 5.91 Å². The zero-order chi connectivity index (χ0) is 10.7. The lowest BCUT2D eigenvalue weighted by Gasteiger charge is -2.15. The molecule has 0 N–H and O–H groups in total. The van der Waals surface area contributed by atoms with Crippen molar-refractivity contribution >= 4 is 17.5 Å². The van der Waals surface area contributed by atoms with Crippen molar-refractivity contribution in [3.63, 3.8) is 0 Å². The van der Waals surface area contributed by atoms with Crippen molar-refractivity contribution in [3.05, 3.63) is 16.8 Å². The predicted molar refractivity (Wildman–Crippen MR) is 53.5 cm³/mol. The predicted octanol–water partition coefficient (Wildman–Crippen LogP) is 2.12. The van der Waals surface area contributed by atoms with Crippen LogP contribution in [0.25, 0.3) is 0 Å². The van der Waals surface area contributed by atoms with E-state index in [9.17, 15) is 4.79 Å². The zero-order valence-electron chi connectivity index (χ0n) is 8.50. The van der Waals surface area contributed by atoms with Crippen LogP contribution in [0.2, 0.25) is 5.15 Å². The molecule has 0 aliphatic rings. The van der Waals surface area contributed by atoms with Gasteiger partial charge in [0.25, 0.3) is 5.89 Å². The third-order valence-electron chi connectivity index (χ3n) is 1.97. The van der Waals surface area contributed by atoms with Crippen LogP contribution < -0.4 is 0 Å². The van der Waals surface area contributed by atoms with Gasteiger partial charge in [-0.2, -0.15) is 4.98 Å². The molecule has 5 heteroatoms. The lowest BCUT2D eigenvalue weighted by molar-refractivity contribution is 0.0731. The summed E-state index contributed by atoms with van der Waals surface area (Å²) < 4.78 is 5.13. The van der Waals surface area contributed by atoms with Crippen LogP contribution in [-0.2, 0) is 0 Å². The van der Waals surface area contributed by atoms with E-state index in [-0.39, 0.29) is 17.0 Å². The van der Waals surface area contributed by atoms with Crippen molar-refractivity contribution in [3.8, 4) is 0 Å². The minimum Gasteiger partial charge on any atom is -0.436 e. The molecule has 0 saturated carbocycles. The van der Waals surface area contributed by atoms with Crippen molar-refractivity contribution in [2.75, 3.05) is 13.1 Å². The molecule has 0 fully saturated rings. The molecule has 14 heavy (non-hydrogen) atoms. The maximum atomic E-state index is 11.7. The maximum Gasteiger partial charge on any atom is 0.309 e. The number of hydrogen-bond acceptors (Lipinski definition) is 3. The molecule has 0 aliphatic heterocycles. The second-order valence-corrected chi connectivity index (χ2v) is 3.20. The zero-order valence-corrected chi connectivity index (χ0v) is 9.26. The lowest BCUT2D eigenvalue weighted by atomic mass is 10.4. The molecule has 1 rings (SSSR count). The molecule has 0 radical (unpaired) electrons. The number of aryl methyl sites for hydroxylation is 1. The number of hydrogen-bond donors (Lipinski definition) is 0. The van der Waals surface area contributed by atoms with Gasteiger partial charge in [0.2, 0.25) is 0 Å². The number of amides is 1. The summed E-state index contributed by atoms with van der Waals surface area (Å²) >= 11 is 5.69. The first-order valence-electron chi connectivity index (χ1n) is 4.52. The third-order valence-corrected chi connectivity index (χ3v) is 2.32. The van der Waals surface area contributed by atoms with Crippen LogP contribution in [0.3, 0.4) is 0 Å². The van der Waals surface area contributed by atoms with Gasteiger partial charge in [-0.15, -0.1) is 0 Å². The van der Waals surface area contributed by atoms with E-state index in [4.69, 9.17) is 16.0 Å².